The molecule has 2 aromatic rings. The van der Waals surface area contributed by atoms with Crippen LogP contribution < -0.4 is 5.73 Å². The molecule has 0 aliphatic heterocycles. The zero-order valence-corrected chi connectivity index (χ0v) is 9.02. The third-order valence-electron chi connectivity index (χ3n) is 2.34. The lowest BCUT2D eigenvalue weighted by Gasteiger charge is -2.07. The minimum absolute atomic E-state index is 0.337. The van der Waals surface area contributed by atoms with Crippen molar-refractivity contribution in [3.05, 3.63) is 30.2 Å². The van der Waals surface area contributed by atoms with Gasteiger partial charge in [0.2, 0.25) is 0 Å². The summed E-state index contributed by atoms with van der Waals surface area (Å²) in [4.78, 5) is 0. The van der Waals surface area contributed by atoms with Crippen molar-refractivity contribution in [1.29, 1.82) is 0 Å². The summed E-state index contributed by atoms with van der Waals surface area (Å²) in [6.45, 7) is 2.83. The highest BCUT2D eigenvalue weighted by molar-refractivity contribution is 5.73. The van der Waals surface area contributed by atoms with E-state index in [9.17, 15) is 4.39 Å². The molecule has 2 N–H and O–H groups in total. The van der Waals surface area contributed by atoms with Gasteiger partial charge < -0.3 is 5.73 Å². The number of hydrogen-bond acceptors (Lipinski definition) is 3. The summed E-state index contributed by atoms with van der Waals surface area (Å²) in [5.74, 6) is -0.337. The first-order valence-corrected chi connectivity index (χ1v) is 5.16. The van der Waals surface area contributed by atoms with E-state index in [1.54, 1.807) is 16.9 Å². The Morgan fingerprint density at radius 1 is 1.44 bits per heavy atom. The minimum atomic E-state index is -0.337. The fourth-order valence-electron chi connectivity index (χ4n) is 1.61. The fourth-order valence-corrected chi connectivity index (χ4v) is 1.61. The maximum Gasteiger partial charge on any atom is 0.125 e. The number of aromatic nitrogens is 3. The van der Waals surface area contributed by atoms with Crippen LogP contribution in [0.1, 0.15) is 13.3 Å². The zero-order chi connectivity index (χ0) is 11.5. The Kier molecular flexibility index (Phi) is 2.85. The number of nitrogen functional groups attached to an aromatic ring is 1. The summed E-state index contributed by atoms with van der Waals surface area (Å²) in [6, 6.07) is 4.34. The molecular formula is C11H13FN4. The van der Waals surface area contributed by atoms with Crippen LogP contribution in [-0.2, 0) is 6.54 Å². The number of rotatable bonds is 3. The summed E-state index contributed by atoms with van der Waals surface area (Å²) in [5.41, 5.74) is 7.75. The number of halogens is 1. The highest BCUT2D eigenvalue weighted by Crippen LogP contribution is 2.25. The molecule has 0 fully saturated rings. The molecule has 0 atom stereocenters. The van der Waals surface area contributed by atoms with Crippen LogP contribution in [0.4, 0.5) is 10.1 Å². The van der Waals surface area contributed by atoms with Gasteiger partial charge in [0.15, 0.2) is 0 Å². The maximum atomic E-state index is 12.9. The van der Waals surface area contributed by atoms with Gasteiger partial charge in [0.1, 0.15) is 5.82 Å². The van der Waals surface area contributed by atoms with Gasteiger partial charge in [-0.2, -0.15) is 0 Å². The fraction of sp³-hybridized carbons (Fsp3) is 0.273. The largest absolute Gasteiger partial charge is 0.398 e. The predicted octanol–water partition coefficient (Wildman–Crippen LogP) is 2.08. The van der Waals surface area contributed by atoms with Crippen molar-refractivity contribution in [1.82, 2.24) is 15.0 Å². The van der Waals surface area contributed by atoms with Gasteiger partial charge in [-0.15, -0.1) is 5.10 Å². The Morgan fingerprint density at radius 2 is 2.25 bits per heavy atom. The third kappa shape index (κ3) is 1.88. The minimum Gasteiger partial charge on any atom is -0.398 e. The summed E-state index contributed by atoms with van der Waals surface area (Å²) < 4.78 is 14.7. The van der Waals surface area contributed by atoms with E-state index < -0.39 is 0 Å². The van der Waals surface area contributed by atoms with Gasteiger partial charge in [-0.1, -0.05) is 12.1 Å². The van der Waals surface area contributed by atoms with Crippen LogP contribution in [0.5, 0.6) is 0 Å². The van der Waals surface area contributed by atoms with Crippen LogP contribution in [-0.4, -0.2) is 15.0 Å². The second-order valence-electron chi connectivity index (χ2n) is 3.57. The number of anilines is 1. The molecule has 0 aliphatic rings. The molecule has 1 heterocycles. The van der Waals surface area contributed by atoms with E-state index in [4.69, 9.17) is 5.73 Å². The van der Waals surface area contributed by atoms with E-state index in [1.807, 2.05) is 0 Å². The van der Waals surface area contributed by atoms with Crippen LogP contribution >= 0.6 is 0 Å². The third-order valence-corrected chi connectivity index (χ3v) is 2.34. The van der Waals surface area contributed by atoms with Crippen molar-refractivity contribution >= 4 is 5.69 Å². The molecule has 0 unspecified atom stereocenters. The number of nitrogens with zero attached hydrogens (tertiary/aromatic N) is 3. The molecule has 0 saturated heterocycles. The number of nitrogens with two attached hydrogens (primary N) is 1. The lowest BCUT2D eigenvalue weighted by atomic mass is 10.1. The molecule has 0 aliphatic carbocycles. The molecule has 1 aromatic heterocycles. The zero-order valence-electron chi connectivity index (χ0n) is 9.02. The van der Waals surface area contributed by atoms with E-state index in [-0.39, 0.29) is 5.82 Å². The molecule has 0 saturated carbocycles. The van der Waals surface area contributed by atoms with Gasteiger partial charge in [-0.05, 0) is 24.6 Å². The van der Waals surface area contributed by atoms with Gasteiger partial charge in [0, 0.05) is 17.8 Å². The lowest BCUT2D eigenvalue weighted by Crippen LogP contribution is -2.03. The predicted molar refractivity (Wildman–Crippen MR) is 60.1 cm³/mol. The second-order valence-corrected chi connectivity index (χ2v) is 3.57. The van der Waals surface area contributed by atoms with Gasteiger partial charge in [0.25, 0.3) is 0 Å². The van der Waals surface area contributed by atoms with Crippen molar-refractivity contribution in [2.75, 3.05) is 5.73 Å². The Labute approximate surface area is 92.9 Å². The standard InChI is InChI=1S/C11H13FN4/c1-2-5-16-11(7-14-15-16)9-4-3-8(12)6-10(9)13/h3-4,6-7H,2,5,13H2,1H3. The number of aryl methyl sites for hydroxylation is 1. The molecule has 4 nitrogen and oxygen atoms in total. The van der Waals surface area contributed by atoms with Crippen molar-refractivity contribution in [2.45, 2.75) is 19.9 Å². The lowest BCUT2D eigenvalue weighted by molar-refractivity contribution is 0.584. The van der Waals surface area contributed by atoms with Crippen LogP contribution in [0.15, 0.2) is 24.4 Å². The van der Waals surface area contributed by atoms with Crippen molar-refractivity contribution < 1.29 is 4.39 Å². The average Bonchev–Trinajstić information content (AvgIpc) is 2.67. The first-order valence-electron chi connectivity index (χ1n) is 5.16. The van der Waals surface area contributed by atoms with Crippen molar-refractivity contribution in [3.8, 4) is 11.3 Å². The molecule has 0 spiro atoms. The first kappa shape index (κ1) is 10.6. The molecule has 2 rings (SSSR count). The normalized spacial score (nSPS) is 10.6. The molecule has 16 heavy (non-hydrogen) atoms. The first-order chi connectivity index (χ1) is 7.72. The van der Waals surface area contributed by atoms with E-state index in [1.165, 1.54) is 12.1 Å². The molecular weight excluding hydrogens is 207 g/mol. The van der Waals surface area contributed by atoms with Crippen molar-refractivity contribution in [3.63, 3.8) is 0 Å². The van der Waals surface area contributed by atoms with Gasteiger partial charge >= 0.3 is 0 Å². The summed E-state index contributed by atoms with van der Waals surface area (Å²) in [5, 5.41) is 7.81. The highest BCUT2D eigenvalue weighted by Gasteiger charge is 2.09. The maximum absolute atomic E-state index is 12.9. The van der Waals surface area contributed by atoms with Crippen LogP contribution in [0.25, 0.3) is 11.3 Å². The van der Waals surface area contributed by atoms with E-state index in [0.717, 1.165) is 24.2 Å². The molecule has 0 bridgehead atoms. The smallest absolute Gasteiger partial charge is 0.125 e. The van der Waals surface area contributed by atoms with E-state index >= 15 is 0 Å². The molecule has 5 heteroatoms. The second kappa shape index (κ2) is 4.30. The van der Waals surface area contributed by atoms with Gasteiger partial charge in [-0.25, -0.2) is 9.07 Å². The average molecular weight is 220 g/mol. The topological polar surface area (TPSA) is 56.7 Å². The summed E-state index contributed by atoms with van der Waals surface area (Å²) >= 11 is 0. The molecule has 84 valence electrons. The van der Waals surface area contributed by atoms with Crippen molar-refractivity contribution in [2.24, 2.45) is 0 Å². The summed E-state index contributed by atoms with van der Waals surface area (Å²) in [6.07, 6.45) is 2.59. The Balaban J connectivity index is 2.46. The van der Waals surface area contributed by atoms with Gasteiger partial charge in [-0.3, -0.25) is 0 Å². The Hall–Kier alpha value is -1.91. The monoisotopic (exact) mass is 220 g/mol. The quantitative estimate of drug-likeness (QED) is 0.805. The Bertz CT molecular complexity index is 492. The van der Waals surface area contributed by atoms with E-state index in [0.29, 0.717) is 5.69 Å². The number of benzene rings is 1. The Morgan fingerprint density at radius 3 is 2.94 bits per heavy atom. The SMILES string of the molecule is CCCn1nncc1-c1ccc(F)cc1N. The van der Waals surface area contributed by atoms with E-state index in [2.05, 4.69) is 17.2 Å². The molecule has 0 amide bonds. The van der Waals surface area contributed by atoms with Crippen LogP contribution in [0.3, 0.4) is 0 Å². The highest BCUT2D eigenvalue weighted by atomic mass is 19.1. The molecule has 1 aromatic carbocycles. The number of hydrogen-bond donors (Lipinski definition) is 1. The molecule has 0 radical (unpaired) electrons. The van der Waals surface area contributed by atoms with Crippen LogP contribution in [0.2, 0.25) is 0 Å². The van der Waals surface area contributed by atoms with Crippen LogP contribution in [0, 0.1) is 5.82 Å². The van der Waals surface area contributed by atoms with Gasteiger partial charge in [0.05, 0.1) is 11.9 Å². The summed E-state index contributed by atoms with van der Waals surface area (Å²) in [7, 11) is 0.